The Kier molecular flexibility index (Phi) is 7.93. The molecule has 0 fully saturated rings. The summed E-state index contributed by atoms with van der Waals surface area (Å²) >= 11 is 6.16. The van der Waals surface area contributed by atoms with Crippen LogP contribution in [0.4, 0.5) is 13.2 Å². The van der Waals surface area contributed by atoms with E-state index in [1.807, 2.05) is 25.1 Å². The molecule has 0 saturated heterocycles. The summed E-state index contributed by atoms with van der Waals surface area (Å²) in [7, 11) is 0. The van der Waals surface area contributed by atoms with Gasteiger partial charge in [-0.15, -0.1) is 0 Å². The van der Waals surface area contributed by atoms with E-state index < -0.39 is 17.3 Å². The zero-order chi connectivity index (χ0) is 27.4. The van der Waals surface area contributed by atoms with E-state index in [-0.39, 0.29) is 23.1 Å². The van der Waals surface area contributed by atoms with E-state index in [9.17, 15) is 23.2 Å². The lowest BCUT2D eigenvalue weighted by Gasteiger charge is -2.16. The largest absolute Gasteiger partial charge is 0.417 e. The first-order valence-electron chi connectivity index (χ1n) is 11.9. The van der Waals surface area contributed by atoms with Gasteiger partial charge in [0.15, 0.2) is 5.82 Å². The molecule has 0 atom stereocenters. The van der Waals surface area contributed by atoms with Crippen molar-refractivity contribution >= 4 is 11.6 Å². The van der Waals surface area contributed by atoms with Crippen LogP contribution in [0.2, 0.25) is 5.02 Å². The van der Waals surface area contributed by atoms with Gasteiger partial charge in [0.1, 0.15) is 5.82 Å². The fraction of sp³-hybridized carbons (Fsp3) is 0.250. The third-order valence-electron chi connectivity index (χ3n) is 6.10. The first-order valence-corrected chi connectivity index (χ1v) is 12.3. The van der Waals surface area contributed by atoms with Crippen LogP contribution in [-0.4, -0.2) is 19.5 Å². The van der Waals surface area contributed by atoms with Gasteiger partial charge < -0.3 is 0 Å². The second-order valence-electron chi connectivity index (χ2n) is 8.73. The van der Waals surface area contributed by atoms with Crippen molar-refractivity contribution in [1.29, 1.82) is 5.26 Å². The van der Waals surface area contributed by atoms with Crippen molar-refractivity contribution in [2.45, 2.75) is 45.7 Å². The fourth-order valence-corrected chi connectivity index (χ4v) is 4.40. The van der Waals surface area contributed by atoms with Gasteiger partial charge in [-0.25, -0.2) is 14.5 Å². The van der Waals surface area contributed by atoms with E-state index >= 15 is 0 Å². The van der Waals surface area contributed by atoms with Crippen LogP contribution in [-0.2, 0) is 19.0 Å². The Morgan fingerprint density at radius 3 is 2.50 bits per heavy atom. The molecule has 1 aromatic carbocycles. The molecule has 0 aliphatic heterocycles. The highest BCUT2D eigenvalue weighted by Gasteiger charge is 2.32. The highest BCUT2D eigenvalue weighted by Crippen LogP contribution is 2.32. The molecule has 0 spiro atoms. The van der Waals surface area contributed by atoms with Crippen molar-refractivity contribution < 1.29 is 13.2 Å². The lowest BCUT2D eigenvalue weighted by molar-refractivity contribution is -0.137. The molecule has 38 heavy (non-hydrogen) atoms. The number of halogens is 4. The molecular formula is C28H23ClF3N5O. The van der Waals surface area contributed by atoms with Crippen LogP contribution in [0, 0.1) is 18.3 Å². The monoisotopic (exact) mass is 537 g/mol. The van der Waals surface area contributed by atoms with Gasteiger partial charge in [0.2, 0.25) is 0 Å². The number of hydrogen-bond donors (Lipinski definition) is 0. The quantitative estimate of drug-likeness (QED) is 0.269. The molecule has 0 aliphatic rings. The predicted molar refractivity (Wildman–Crippen MR) is 138 cm³/mol. The Labute approximate surface area is 222 Å². The number of alkyl halides is 3. The van der Waals surface area contributed by atoms with Crippen molar-refractivity contribution in [1.82, 2.24) is 19.5 Å². The van der Waals surface area contributed by atoms with E-state index in [0.29, 0.717) is 35.1 Å². The smallest absolute Gasteiger partial charge is 0.268 e. The second-order valence-corrected chi connectivity index (χ2v) is 9.14. The Morgan fingerprint density at radius 1 is 1.11 bits per heavy atom. The van der Waals surface area contributed by atoms with Gasteiger partial charge >= 0.3 is 6.18 Å². The first-order chi connectivity index (χ1) is 18.1. The van der Waals surface area contributed by atoms with Crippen molar-refractivity contribution in [2.24, 2.45) is 0 Å². The van der Waals surface area contributed by atoms with E-state index in [1.165, 1.54) is 0 Å². The maximum Gasteiger partial charge on any atom is 0.417 e. The molecule has 0 unspecified atom stereocenters. The Hall–Kier alpha value is -4.03. The van der Waals surface area contributed by atoms with Gasteiger partial charge in [-0.2, -0.15) is 18.4 Å². The van der Waals surface area contributed by atoms with E-state index in [4.69, 9.17) is 11.6 Å². The number of aryl methyl sites for hydroxylation is 2. The summed E-state index contributed by atoms with van der Waals surface area (Å²) in [5.41, 5.74) is 2.15. The molecule has 6 nitrogen and oxygen atoms in total. The molecule has 194 valence electrons. The SMILES string of the molecule is CCCCc1nc(C)n(-c2ncc(C(F)(F)F)cc2Cl)c(=O)c1Cc1ccc(-c2ccccc2C#N)cn1. The molecule has 0 aliphatic carbocycles. The number of benzene rings is 1. The number of unbranched alkanes of at least 4 members (excludes halogenated alkanes) is 1. The number of rotatable bonds is 7. The molecule has 0 bridgehead atoms. The molecule has 10 heteroatoms. The number of aromatic nitrogens is 4. The van der Waals surface area contributed by atoms with Gasteiger partial charge in [0.05, 0.1) is 27.9 Å². The van der Waals surface area contributed by atoms with E-state index in [0.717, 1.165) is 34.6 Å². The summed E-state index contributed by atoms with van der Waals surface area (Å²) in [5.74, 6) is 0.157. The van der Waals surface area contributed by atoms with Crippen LogP contribution in [0.25, 0.3) is 16.9 Å². The number of nitriles is 1. The first kappa shape index (κ1) is 27.0. The second kappa shape index (κ2) is 11.2. The van der Waals surface area contributed by atoms with E-state index in [1.54, 1.807) is 31.3 Å². The summed E-state index contributed by atoms with van der Waals surface area (Å²) in [4.78, 5) is 26.7. The maximum absolute atomic E-state index is 13.7. The van der Waals surface area contributed by atoms with Gasteiger partial charge in [-0.05, 0) is 38.0 Å². The number of pyridine rings is 2. The molecule has 3 aromatic heterocycles. The molecule has 0 saturated carbocycles. The van der Waals surface area contributed by atoms with Crippen LogP contribution in [0.5, 0.6) is 0 Å². The molecule has 3 heterocycles. The minimum Gasteiger partial charge on any atom is -0.268 e. The molecule has 4 rings (SSSR count). The number of hydrogen-bond acceptors (Lipinski definition) is 5. The lowest BCUT2D eigenvalue weighted by atomic mass is 10.0. The molecule has 4 aromatic rings. The highest BCUT2D eigenvalue weighted by atomic mass is 35.5. The van der Waals surface area contributed by atoms with Crippen molar-refractivity contribution in [2.75, 3.05) is 0 Å². The van der Waals surface area contributed by atoms with Crippen LogP contribution in [0.1, 0.15) is 53.7 Å². The third-order valence-corrected chi connectivity index (χ3v) is 6.38. The average Bonchev–Trinajstić information content (AvgIpc) is 2.90. The summed E-state index contributed by atoms with van der Waals surface area (Å²) in [6.45, 7) is 3.62. The summed E-state index contributed by atoms with van der Waals surface area (Å²) < 4.78 is 40.5. The molecule has 0 N–H and O–H groups in total. The number of nitrogens with zero attached hydrogens (tertiary/aromatic N) is 5. The van der Waals surface area contributed by atoms with Gasteiger partial charge in [0.25, 0.3) is 5.56 Å². The highest BCUT2D eigenvalue weighted by molar-refractivity contribution is 6.32. The lowest BCUT2D eigenvalue weighted by Crippen LogP contribution is -2.29. The zero-order valence-electron chi connectivity index (χ0n) is 20.7. The molecule has 0 radical (unpaired) electrons. The van der Waals surface area contributed by atoms with Crippen LogP contribution >= 0.6 is 11.6 Å². The van der Waals surface area contributed by atoms with Crippen molar-refractivity contribution in [3.8, 4) is 23.0 Å². The normalized spacial score (nSPS) is 11.4. The van der Waals surface area contributed by atoms with Crippen molar-refractivity contribution in [3.05, 3.63) is 104 Å². The third kappa shape index (κ3) is 5.60. The van der Waals surface area contributed by atoms with Gasteiger partial charge in [0, 0.05) is 41.2 Å². The minimum absolute atomic E-state index is 0.116. The van der Waals surface area contributed by atoms with Gasteiger partial charge in [-0.3, -0.25) is 9.78 Å². The molecule has 0 amide bonds. The summed E-state index contributed by atoms with van der Waals surface area (Å²) in [6, 6.07) is 13.7. The van der Waals surface area contributed by atoms with E-state index in [2.05, 4.69) is 21.0 Å². The standard InChI is InChI=1S/C28H23ClF3N5O/c1-3-4-9-25-23(13-21-11-10-19(15-34-21)22-8-6-5-7-18(22)14-33)27(38)37(17(2)36-25)26-24(29)12-20(16-35-26)28(30,31)32/h5-8,10-12,15-16H,3-4,9,13H2,1-2H3. The molecular weight excluding hydrogens is 515 g/mol. The minimum atomic E-state index is -4.62. The fourth-order valence-electron chi connectivity index (χ4n) is 4.15. The Balaban J connectivity index is 1.77. The Bertz CT molecular complexity index is 1570. The van der Waals surface area contributed by atoms with Crippen LogP contribution in [0.3, 0.4) is 0 Å². The van der Waals surface area contributed by atoms with Crippen LogP contribution < -0.4 is 5.56 Å². The maximum atomic E-state index is 13.7. The predicted octanol–water partition coefficient (Wildman–Crippen LogP) is 6.48. The van der Waals surface area contributed by atoms with Crippen LogP contribution in [0.15, 0.2) is 59.7 Å². The average molecular weight is 538 g/mol. The zero-order valence-corrected chi connectivity index (χ0v) is 21.4. The summed E-state index contributed by atoms with van der Waals surface area (Å²) in [6.07, 6.45) is 0.0887. The summed E-state index contributed by atoms with van der Waals surface area (Å²) in [5, 5.41) is 9.09. The topological polar surface area (TPSA) is 84.5 Å². The van der Waals surface area contributed by atoms with Gasteiger partial charge in [-0.1, -0.05) is 49.2 Å². The van der Waals surface area contributed by atoms with Crippen molar-refractivity contribution in [3.63, 3.8) is 0 Å². The Morgan fingerprint density at radius 2 is 1.87 bits per heavy atom.